The summed E-state index contributed by atoms with van der Waals surface area (Å²) in [6, 6.07) is 6.09. The number of likely N-dealkylation sites (N-methyl/N-ethyl adjacent to an activating group) is 1. The number of methoxy groups -OCH3 is 3. The molecule has 0 saturated carbocycles. The van der Waals surface area contributed by atoms with E-state index in [0.717, 1.165) is 58.0 Å². The number of halogens is 1. The van der Waals surface area contributed by atoms with Gasteiger partial charge in [-0.2, -0.15) is 0 Å². The third kappa shape index (κ3) is 2.97. The van der Waals surface area contributed by atoms with E-state index in [1.54, 1.807) is 21.3 Å². The van der Waals surface area contributed by atoms with Gasteiger partial charge in [0.25, 0.3) is 0 Å². The van der Waals surface area contributed by atoms with Crippen molar-refractivity contribution in [1.82, 2.24) is 4.90 Å². The highest BCUT2D eigenvalue weighted by molar-refractivity contribution is 9.10. The summed E-state index contributed by atoms with van der Waals surface area (Å²) in [7, 11) is 7.15. The molecule has 0 spiro atoms. The molecule has 1 atom stereocenters. The molecular formula is C21H24BrNO5. The van der Waals surface area contributed by atoms with Crippen LogP contribution in [0.15, 0.2) is 22.7 Å². The highest BCUT2D eigenvalue weighted by Crippen LogP contribution is 2.54. The molecule has 0 bridgehead atoms. The molecule has 0 aliphatic carbocycles. The predicted octanol–water partition coefficient (Wildman–Crippen LogP) is 3.98. The van der Waals surface area contributed by atoms with Crippen LogP contribution in [0, 0.1) is 0 Å². The molecule has 7 heteroatoms. The van der Waals surface area contributed by atoms with Crippen molar-refractivity contribution in [2.24, 2.45) is 0 Å². The molecule has 150 valence electrons. The molecule has 2 heterocycles. The SMILES string of the molecule is COc1cccc(CC2c3c(c(Br)c4c(c3OC)OCO4)CCN2C)c1OC. The minimum Gasteiger partial charge on any atom is -0.493 e. The number of ether oxygens (including phenoxy) is 5. The fraction of sp³-hybridized carbons (Fsp3) is 0.429. The van der Waals surface area contributed by atoms with E-state index < -0.39 is 0 Å². The Morgan fingerprint density at radius 3 is 2.54 bits per heavy atom. The van der Waals surface area contributed by atoms with Gasteiger partial charge in [-0.1, -0.05) is 12.1 Å². The fourth-order valence-electron chi connectivity index (χ4n) is 4.17. The minimum atomic E-state index is 0.102. The molecule has 28 heavy (non-hydrogen) atoms. The lowest BCUT2D eigenvalue weighted by atomic mass is 9.87. The first-order valence-corrected chi connectivity index (χ1v) is 9.97. The van der Waals surface area contributed by atoms with Crippen molar-refractivity contribution in [2.45, 2.75) is 18.9 Å². The van der Waals surface area contributed by atoms with Crippen LogP contribution in [0.25, 0.3) is 0 Å². The summed E-state index contributed by atoms with van der Waals surface area (Å²) in [5, 5.41) is 0. The lowest BCUT2D eigenvalue weighted by Crippen LogP contribution is -2.34. The Balaban J connectivity index is 1.84. The molecule has 1 unspecified atom stereocenters. The fourth-order valence-corrected chi connectivity index (χ4v) is 4.88. The van der Waals surface area contributed by atoms with Gasteiger partial charge in [0.1, 0.15) is 0 Å². The van der Waals surface area contributed by atoms with E-state index in [1.165, 1.54) is 5.56 Å². The highest BCUT2D eigenvalue weighted by atomic mass is 79.9. The van der Waals surface area contributed by atoms with Gasteiger partial charge in [0.2, 0.25) is 12.5 Å². The van der Waals surface area contributed by atoms with E-state index in [4.69, 9.17) is 23.7 Å². The quantitative estimate of drug-likeness (QED) is 0.687. The first-order valence-electron chi connectivity index (χ1n) is 9.18. The number of para-hydroxylation sites is 1. The maximum atomic E-state index is 5.82. The van der Waals surface area contributed by atoms with Crippen LogP contribution in [0.3, 0.4) is 0 Å². The molecule has 6 nitrogen and oxygen atoms in total. The topological polar surface area (TPSA) is 49.4 Å². The van der Waals surface area contributed by atoms with E-state index in [9.17, 15) is 0 Å². The third-order valence-corrected chi connectivity index (χ3v) is 6.37. The maximum Gasteiger partial charge on any atom is 0.231 e. The van der Waals surface area contributed by atoms with Crippen LogP contribution in [0.1, 0.15) is 22.7 Å². The molecule has 2 aromatic carbocycles. The van der Waals surface area contributed by atoms with Gasteiger partial charge < -0.3 is 23.7 Å². The number of fused-ring (bicyclic) bond motifs is 2. The molecule has 0 aromatic heterocycles. The Kier molecular flexibility index (Phi) is 5.29. The van der Waals surface area contributed by atoms with Crippen LogP contribution in [-0.2, 0) is 12.8 Å². The van der Waals surface area contributed by atoms with Gasteiger partial charge in [0, 0.05) is 18.2 Å². The lowest BCUT2D eigenvalue weighted by Gasteiger charge is -2.36. The Morgan fingerprint density at radius 1 is 1.07 bits per heavy atom. The Morgan fingerprint density at radius 2 is 1.82 bits per heavy atom. The van der Waals surface area contributed by atoms with Gasteiger partial charge in [-0.05, 0) is 53.0 Å². The van der Waals surface area contributed by atoms with Gasteiger partial charge >= 0.3 is 0 Å². The monoisotopic (exact) mass is 449 g/mol. The van der Waals surface area contributed by atoms with E-state index in [2.05, 4.69) is 33.9 Å². The van der Waals surface area contributed by atoms with E-state index in [1.807, 2.05) is 12.1 Å². The van der Waals surface area contributed by atoms with Gasteiger partial charge in [-0.15, -0.1) is 0 Å². The second-order valence-corrected chi connectivity index (χ2v) is 7.70. The highest BCUT2D eigenvalue weighted by Gasteiger charge is 2.37. The van der Waals surface area contributed by atoms with Crippen LogP contribution >= 0.6 is 15.9 Å². The second-order valence-electron chi connectivity index (χ2n) is 6.91. The number of benzene rings is 2. The van der Waals surface area contributed by atoms with Crippen LogP contribution in [-0.4, -0.2) is 46.6 Å². The van der Waals surface area contributed by atoms with Crippen molar-refractivity contribution in [1.29, 1.82) is 0 Å². The van der Waals surface area contributed by atoms with Crippen molar-refractivity contribution >= 4 is 15.9 Å². The Hall–Kier alpha value is -2.12. The normalized spacial score (nSPS) is 18.0. The van der Waals surface area contributed by atoms with Crippen LogP contribution in [0.4, 0.5) is 0 Å². The standard InChI is InChI=1S/C21H24BrNO5/c1-23-9-8-13-16(19(26-4)21-20(17(13)22)27-11-28-21)14(23)10-12-6-5-7-15(24-2)18(12)25-3/h5-7,14H,8-11H2,1-4H3. The number of hydrogen-bond acceptors (Lipinski definition) is 6. The second kappa shape index (κ2) is 7.72. The zero-order valence-electron chi connectivity index (χ0n) is 16.5. The molecule has 2 aliphatic heterocycles. The number of rotatable bonds is 5. The molecule has 2 aromatic rings. The number of nitrogens with zero attached hydrogens (tertiary/aromatic N) is 1. The molecular weight excluding hydrogens is 426 g/mol. The van der Waals surface area contributed by atoms with Crippen molar-refractivity contribution in [3.63, 3.8) is 0 Å². The minimum absolute atomic E-state index is 0.102. The van der Waals surface area contributed by atoms with Crippen LogP contribution in [0.5, 0.6) is 28.7 Å². The Labute approximate surface area is 173 Å². The van der Waals surface area contributed by atoms with Crippen LogP contribution < -0.4 is 23.7 Å². The van der Waals surface area contributed by atoms with Crippen molar-refractivity contribution in [3.8, 4) is 28.7 Å². The summed E-state index contributed by atoms with van der Waals surface area (Å²) in [5.74, 6) is 3.66. The average Bonchev–Trinajstić information content (AvgIpc) is 3.20. The van der Waals surface area contributed by atoms with Crippen molar-refractivity contribution in [3.05, 3.63) is 39.4 Å². The molecule has 0 amide bonds. The largest absolute Gasteiger partial charge is 0.493 e. The molecule has 0 saturated heterocycles. The Bertz CT molecular complexity index is 901. The zero-order valence-corrected chi connectivity index (χ0v) is 18.1. The van der Waals surface area contributed by atoms with E-state index >= 15 is 0 Å². The van der Waals surface area contributed by atoms with Gasteiger partial charge in [0.15, 0.2) is 23.0 Å². The predicted molar refractivity (Wildman–Crippen MR) is 109 cm³/mol. The molecule has 0 radical (unpaired) electrons. The van der Waals surface area contributed by atoms with Crippen molar-refractivity contribution in [2.75, 3.05) is 41.7 Å². The smallest absolute Gasteiger partial charge is 0.231 e. The first-order chi connectivity index (χ1) is 13.6. The number of hydrogen-bond donors (Lipinski definition) is 0. The first kappa shape index (κ1) is 19.2. The van der Waals surface area contributed by atoms with Gasteiger partial charge in [-0.3, -0.25) is 4.90 Å². The van der Waals surface area contributed by atoms with E-state index in [0.29, 0.717) is 5.75 Å². The summed E-state index contributed by atoms with van der Waals surface area (Å²) in [5.41, 5.74) is 3.44. The summed E-state index contributed by atoms with van der Waals surface area (Å²) in [6.45, 7) is 1.14. The van der Waals surface area contributed by atoms with Crippen LogP contribution in [0.2, 0.25) is 0 Å². The van der Waals surface area contributed by atoms with E-state index in [-0.39, 0.29) is 12.8 Å². The third-order valence-electron chi connectivity index (χ3n) is 5.53. The molecule has 2 aliphatic rings. The van der Waals surface area contributed by atoms with Gasteiger partial charge in [-0.25, -0.2) is 0 Å². The summed E-state index contributed by atoms with van der Waals surface area (Å²) < 4.78 is 29.3. The summed E-state index contributed by atoms with van der Waals surface area (Å²) in [6.07, 6.45) is 1.66. The van der Waals surface area contributed by atoms with Crippen molar-refractivity contribution < 1.29 is 23.7 Å². The molecule has 4 rings (SSSR count). The molecule has 0 fully saturated rings. The molecule has 0 N–H and O–H groups in total. The summed E-state index contributed by atoms with van der Waals surface area (Å²) in [4.78, 5) is 2.35. The van der Waals surface area contributed by atoms with Gasteiger partial charge in [0.05, 0.1) is 25.8 Å². The lowest BCUT2D eigenvalue weighted by molar-refractivity contribution is 0.170. The maximum absolute atomic E-state index is 5.82. The summed E-state index contributed by atoms with van der Waals surface area (Å²) >= 11 is 3.74. The zero-order chi connectivity index (χ0) is 19.8. The average molecular weight is 450 g/mol.